The van der Waals surface area contributed by atoms with Crippen LogP contribution in [0, 0.1) is 11.8 Å². The maximum absolute atomic E-state index is 10.7. The van der Waals surface area contributed by atoms with Crippen LogP contribution < -0.4 is 0 Å². The molecule has 0 fully saturated rings. The van der Waals surface area contributed by atoms with Crippen LogP contribution in [0.25, 0.3) is 0 Å². The Morgan fingerprint density at radius 1 is 1.21 bits per heavy atom. The number of thioether (sulfide) groups is 1. The van der Waals surface area contributed by atoms with E-state index in [1.807, 2.05) is 30.3 Å². The number of pyridine rings is 1. The zero-order valence-electron chi connectivity index (χ0n) is 10.0. The van der Waals surface area contributed by atoms with Gasteiger partial charge < -0.3 is 5.11 Å². The van der Waals surface area contributed by atoms with Crippen molar-refractivity contribution < 1.29 is 9.90 Å². The first kappa shape index (κ1) is 13.2. The van der Waals surface area contributed by atoms with Crippen molar-refractivity contribution in [2.24, 2.45) is 0 Å². The van der Waals surface area contributed by atoms with E-state index in [1.54, 1.807) is 12.1 Å². The van der Waals surface area contributed by atoms with E-state index in [0.717, 1.165) is 10.6 Å². The van der Waals surface area contributed by atoms with Crippen molar-refractivity contribution in [2.45, 2.75) is 5.03 Å². The van der Waals surface area contributed by atoms with Crippen LogP contribution in [0.15, 0.2) is 53.7 Å². The molecule has 0 radical (unpaired) electrons. The van der Waals surface area contributed by atoms with Gasteiger partial charge in [-0.3, -0.25) is 0 Å². The number of benzene rings is 1. The molecular weight excluding hydrogens is 258 g/mol. The number of rotatable bonds is 3. The molecule has 94 valence electrons. The summed E-state index contributed by atoms with van der Waals surface area (Å²) in [5.41, 5.74) is 1.18. The van der Waals surface area contributed by atoms with Crippen molar-refractivity contribution in [3.8, 4) is 11.8 Å². The fourth-order valence-electron chi connectivity index (χ4n) is 1.36. The Morgan fingerprint density at radius 2 is 2.00 bits per heavy atom. The van der Waals surface area contributed by atoms with Crippen molar-refractivity contribution >= 4 is 17.7 Å². The Hall–Kier alpha value is -2.25. The van der Waals surface area contributed by atoms with Crippen LogP contribution in [0.2, 0.25) is 0 Å². The number of aromatic carboxylic acids is 1. The van der Waals surface area contributed by atoms with Crippen LogP contribution in [-0.4, -0.2) is 21.8 Å². The molecule has 0 aliphatic rings. The van der Waals surface area contributed by atoms with Gasteiger partial charge in [0.1, 0.15) is 0 Å². The van der Waals surface area contributed by atoms with E-state index in [9.17, 15) is 4.79 Å². The summed E-state index contributed by atoms with van der Waals surface area (Å²) in [7, 11) is 0. The van der Waals surface area contributed by atoms with Crippen molar-refractivity contribution in [1.82, 2.24) is 4.98 Å². The second-order valence-electron chi connectivity index (χ2n) is 3.65. The van der Waals surface area contributed by atoms with Gasteiger partial charge in [-0.2, -0.15) is 0 Å². The number of nitrogens with zero attached hydrogens (tertiary/aromatic N) is 1. The van der Waals surface area contributed by atoms with E-state index in [2.05, 4.69) is 16.8 Å². The molecule has 19 heavy (non-hydrogen) atoms. The Labute approximate surface area is 115 Å². The zero-order valence-corrected chi connectivity index (χ0v) is 10.9. The summed E-state index contributed by atoms with van der Waals surface area (Å²) in [6.07, 6.45) is 1.36. The summed E-state index contributed by atoms with van der Waals surface area (Å²) in [4.78, 5) is 14.7. The van der Waals surface area contributed by atoms with Gasteiger partial charge in [0.15, 0.2) is 0 Å². The van der Waals surface area contributed by atoms with E-state index >= 15 is 0 Å². The normalized spacial score (nSPS) is 9.47. The predicted molar refractivity (Wildman–Crippen MR) is 75.2 cm³/mol. The molecule has 1 heterocycles. The third-order valence-corrected chi connectivity index (χ3v) is 3.11. The minimum absolute atomic E-state index is 0.194. The fourth-order valence-corrected chi connectivity index (χ4v) is 1.95. The molecule has 1 aromatic carbocycles. The summed E-state index contributed by atoms with van der Waals surface area (Å²) in [6, 6.07) is 13.0. The van der Waals surface area contributed by atoms with Crippen LogP contribution in [0.3, 0.4) is 0 Å². The van der Waals surface area contributed by atoms with Gasteiger partial charge in [-0.1, -0.05) is 41.8 Å². The standard InChI is InChI=1S/C15H11NO2S/c17-15(18)13-8-9-14(16-11-13)19-10-4-7-12-5-2-1-3-6-12/h1-3,5-6,8-9,11H,10H2,(H,17,18). The predicted octanol–water partition coefficient (Wildman–Crippen LogP) is 2.92. The molecule has 2 aromatic rings. The van der Waals surface area contributed by atoms with Crippen molar-refractivity contribution in [2.75, 3.05) is 5.75 Å². The summed E-state index contributed by atoms with van der Waals surface area (Å²) < 4.78 is 0. The largest absolute Gasteiger partial charge is 0.478 e. The van der Waals surface area contributed by atoms with Crippen molar-refractivity contribution in [3.05, 3.63) is 59.8 Å². The minimum Gasteiger partial charge on any atom is -0.478 e. The number of aromatic nitrogens is 1. The molecule has 0 saturated carbocycles. The quantitative estimate of drug-likeness (QED) is 0.687. The van der Waals surface area contributed by atoms with Gasteiger partial charge in [-0.25, -0.2) is 9.78 Å². The van der Waals surface area contributed by atoms with Crippen molar-refractivity contribution in [1.29, 1.82) is 0 Å². The number of carboxylic acids is 1. The van der Waals surface area contributed by atoms with E-state index in [4.69, 9.17) is 5.11 Å². The van der Waals surface area contributed by atoms with Gasteiger partial charge in [-0.15, -0.1) is 0 Å². The molecule has 1 aromatic heterocycles. The monoisotopic (exact) mass is 269 g/mol. The summed E-state index contributed by atoms with van der Waals surface area (Å²) in [5, 5.41) is 9.52. The summed E-state index contributed by atoms with van der Waals surface area (Å²) >= 11 is 1.48. The van der Waals surface area contributed by atoms with Gasteiger partial charge in [-0.05, 0) is 24.3 Å². The Balaban J connectivity index is 1.89. The molecule has 0 aliphatic heterocycles. The molecule has 0 saturated heterocycles. The first-order valence-electron chi connectivity index (χ1n) is 5.62. The van der Waals surface area contributed by atoms with Crippen LogP contribution in [0.5, 0.6) is 0 Å². The zero-order chi connectivity index (χ0) is 13.5. The average molecular weight is 269 g/mol. The molecule has 4 heteroatoms. The van der Waals surface area contributed by atoms with Gasteiger partial charge in [0, 0.05) is 11.8 Å². The van der Waals surface area contributed by atoms with Gasteiger partial charge in [0.05, 0.1) is 16.3 Å². The molecule has 2 rings (SSSR count). The number of carbonyl (C=O) groups is 1. The smallest absolute Gasteiger partial charge is 0.337 e. The number of hydrogen-bond acceptors (Lipinski definition) is 3. The SMILES string of the molecule is O=C(O)c1ccc(SCC#Cc2ccccc2)nc1. The van der Waals surface area contributed by atoms with E-state index < -0.39 is 5.97 Å². The molecule has 0 unspecified atom stereocenters. The van der Waals surface area contributed by atoms with Crippen molar-refractivity contribution in [3.63, 3.8) is 0 Å². The Bertz CT molecular complexity index is 612. The van der Waals surface area contributed by atoms with Crippen LogP contribution in [0.4, 0.5) is 0 Å². The third kappa shape index (κ3) is 4.16. The first-order valence-corrected chi connectivity index (χ1v) is 6.60. The van der Waals surface area contributed by atoms with E-state index in [-0.39, 0.29) is 5.56 Å². The second-order valence-corrected chi connectivity index (χ2v) is 4.64. The Kier molecular flexibility index (Phi) is 4.60. The Morgan fingerprint density at radius 3 is 2.63 bits per heavy atom. The number of hydrogen-bond donors (Lipinski definition) is 1. The molecule has 0 bridgehead atoms. The molecule has 0 aliphatic carbocycles. The lowest BCUT2D eigenvalue weighted by atomic mass is 10.2. The van der Waals surface area contributed by atoms with Crippen LogP contribution in [0.1, 0.15) is 15.9 Å². The topological polar surface area (TPSA) is 50.2 Å². The highest BCUT2D eigenvalue weighted by Crippen LogP contribution is 2.14. The summed E-state index contributed by atoms with van der Waals surface area (Å²) in [6.45, 7) is 0. The molecule has 0 spiro atoms. The lowest BCUT2D eigenvalue weighted by molar-refractivity contribution is 0.0696. The lowest BCUT2D eigenvalue weighted by Gasteiger charge is -1.97. The lowest BCUT2D eigenvalue weighted by Crippen LogP contribution is -1.96. The van der Waals surface area contributed by atoms with Gasteiger partial charge in [0.25, 0.3) is 0 Å². The summed E-state index contributed by atoms with van der Waals surface area (Å²) in [5.74, 6) is 5.75. The van der Waals surface area contributed by atoms with Gasteiger partial charge in [0.2, 0.25) is 0 Å². The first-order chi connectivity index (χ1) is 9.25. The highest BCUT2D eigenvalue weighted by molar-refractivity contribution is 7.99. The fraction of sp³-hybridized carbons (Fsp3) is 0.0667. The maximum Gasteiger partial charge on any atom is 0.337 e. The van der Waals surface area contributed by atoms with E-state index in [0.29, 0.717) is 5.75 Å². The molecule has 3 nitrogen and oxygen atoms in total. The maximum atomic E-state index is 10.7. The molecule has 0 amide bonds. The average Bonchev–Trinajstić information content (AvgIpc) is 2.45. The van der Waals surface area contributed by atoms with E-state index in [1.165, 1.54) is 18.0 Å². The highest BCUT2D eigenvalue weighted by Gasteiger charge is 2.02. The molecule has 1 N–H and O–H groups in total. The number of carboxylic acid groups (broad SMARTS) is 1. The van der Waals surface area contributed by atoms with Crippen LogP contribution in [-0.2, 0) is 0 Å². The van der Waals surface area contributed by atoms with Gasteiger partial charge >= 0.3 is 5.97 Å². The molecular formula is C15H11NO2S. The third-order valence-electron chi connectivity index (χ3n) is 2.28. The molecule has 0 atom stereocenters. The second kappa shape index (κ2) is 6.62. The highest BCUT2D eigenvalue weighted by atomic mass is 32.2. The minimum atomic E-state index is -0.965. The van der Waals surface area contributed by atoms with Crippen LogP contribution >= 0.6 is 11.8 Å².